The molecular formula is C16H26NO3-. The van der Waals surface area contributed by atoms with Crippen molar-refractivity contribution in [3.05, 3.63) is 0 Å². The summed E-state index contributed by atoms with van der Waals surface area (Å²) in [5.74, 6) is -1.02. The highest BCUT2D eigenvalue weighted by molar-refractivity contribution is 5.84. The fourth-order valence-electron chi connectivity index (χ4n) is 3.80. The van der Waals surface area contributed by atoms with E-state index in [0.717, 1.165) is 25.7 Å². The molecule has 4 heteroatoms. The summed E-state index contributed by atoms with van der Waals surface area (Å²) in [5.41, 5.74) is 0. The lowest BCUT2D eigenvalue weighted by molar-refractivity contribution is -0.314. The van der Waals surface area contributed by atoms with Gasteiger partial charge in [-0.25, -0.2) is 0 Å². The van der Waals surface area contributed by atoms with E-state index in [1.807, 2.05) is 0 Å². The minimum Gasteiger partial charge on any atom is -0.550 e. The molecule has 1 N–H and O–H groups in total. The molecule has 2 rings (SSSR count). The van der Waals surface area contributed by atoms with Crippen LogP contribution in [0.15, 0.2) is 0 Å². The number of carbonyl (C=O) groups is 2. The Hall–Kier alpha value is -1.06. The second kappa shape index (κ2) is 6.59. The molecule has 0 spiro atoms. The third-order valence-electron chi connectivity index (χ3n) is 5.44. The third-order valence-corrected chi connectivity index (χ3v) is 5.44. The predicted molar refractivity (Wildman–Crippen MR) is 74.6 cm³/mol. The first kappa shape index (κ1) is 15.3. The second-order valence-electron chi connectivity index (χ2n) is 6.70. The highest BCUT2D eigenvalue weighted by Gasteiger charge is 2.35. The number of carbonyl (C=O) groups excluding carboxylic acids is 2. The third kappa shape index (κ3) is 3.33. The van der Waals surface area contributed by atoms with Gasteiger partial charge in [0.15, 0.2) is 0 Å². The average molecular weight is 280 g/mol. The minimum absolute atomic E-state index is 0.0650. The SMILES string of the molecule is C[C@@H]1[C@H](C)CCC[C@@H]1NC(=O)[C@@H]1CCCC[C@@H]1C(=O)[O-]. The van der Waals surface area contributed by atoms with Gasteiger partial charge in [-0.1, -0.05) is 39.5 Å². The fourth-order valence-corrected chi connectivity index (χ4v) is 3.80. The van der Waals surface area contributed by atoms with E-state index in [-0.39, 0.29) is 11.9 Å². The van der Waals surface area contributed by atoms with Gasteiger partial charge in [-0.2, -0.15) is 0 Å². The lowest BCUT2D eigenvalue weighted by Crippen LogP contribution is -2.50. The molecule has 1 amide bonds. The first-order valence-electron chi connectivity index (χ1n) is 8.02. The van der Waals surface area contributed by atoms with Gasteiger partial charge < -0.3 is 15.2 Å². The molecule has 0 aromatic rings. The van der Waals surface area contributed by atoms with Crippen molar-refractivity contribution in [2.24, 2.45) is 23.7 Å². The van der Waals surface area contributed by atoms with Crippen molar-refractivity contribution in [3.8, 4) is 0 Å². The normalized spacial score (nSPS) is 38.2. The fraction of sp³-hybridized carbons (Fsp3) is 0.875. The summed E-state index contributed by atoms with van der Waals surface area (Å²) in [6, 6.07) is 0.204. The summed E-state index contributed by atoms with van der Waals surface area (Å²) < 4.78 is 0. The summed E-state index contributed by atoms with van der Waals surface area (Å²) in [7, 11) is 0. The summed E-state index contributed by atoms with van der Waals surface area (Å²) >= 11 is 0. The molecule has 0 aromatic carbocycles. The van der Waals surface area contributed by atoms with Crippen molar-refractivity contribution in [2.75, 3.05) is 0 Å². The Morgan fingerprint density at radius 3 is 2.25 bits per heavy atom. The molecule has 0 aromatic heterocycles. The van der Waals surface area contributed by atoms with Gasteiger partial charge in [-0.05, 0) is 31.1 Å². The van der Waals surface area contributed by atoms with Crippen molar-refractivity contribution in [1.29, 1.82) is 0 Å². The second-order valence-corrected chi connectivity index (χ2v) is 6.70. The molecule has 20 heavy (non-hydrogen) atoms. The Kier molecular flexibility index (Phi) is 5.06. The molecule has 2 saturated carbocycles. The highest BCUT2D eigenvalue weighted by Crippen LogP contribution is 2.32. The Balaban J connectivity index is 1.97. The van der Waals surface area contributed by atoms with Gasteiger partial charge in [0.05, 0.1) is 0 Å². The van der Waals surface area contributed by atoms with Crippen LogP contribution >= 0.6 is 0 Å². The Labute approximate surface area is 121 Å². The molecule has 0 heterocycles. The molecule has 0 bridgehead atoms. The molecule has 0 aliphatic heterocycles. The summed E-state index contributed by atoms with van der Waals surface area (Å²) in [4.78, 5) is 23.6. The van der Waals surface area contributed by atoms with E-state index in [1.54, 1.807) is 0 Å². The molecule has 0 saturated heterocycles. The van der Waals surface area contributed by atoms with Gasteiger partial charge in [0.1, 0.15) is 0 Å². The van der Waals surface area contributed by atoms with Crippen LogP contribution in [-0.2, 0) is 9.59 Å². The molecule has 114 valence electrons. The quantitative estimate of drug-likeness (QED) is 0.851. The maximum atomic E-state index is 12.4. The Morgan fingerprint density at radius 1 is 0.950 bits per heavy atom. The van der Waals surface area contributed by atoms with Crippen LogP contribution in [0.4, 0.5) is 0 Å². The number of hydrogen-bond donors (Lipinski definition) is 1. The number of amides is 1. The Bertz CT molecular complexity index is 369. The van der Waals surface area contributed by atoms with Crippen molar-refractivity contribution in [1.82, 2.24) is 5.32 Å². The lowest BCUT2D eigenvalue weighted by atomic mass is 9.76. The van der Waals surface area contributed by atoms with E-state index in [1.165, 1.54) is 6.42 Å². The smallest absolute Gasteiger partial charge is 0.223 e. The van der Waals surface area contributed by atoms with Crippen LogP contribution in [0, 0.1) is 23.7 Å². The van der Waals surface area contributed by atoms with Crippen LogP contribution in [0.25, 0.3) is 0 Å². The van der Waals surface area contributed by atoms with Crippen molar-refractivity contribution >= 4 is 11.9 Å². The highest BCUT2D eigenvalue weighted by atomic mass is 16.4. The summed E-state index contributed by atoms with van der Waals surface area (Å²) in [6.07, 6.45) is 6.47. The van der Waals surface area contributed by atoms with Crippen LogP contribution < -0.4 is 10.4 Å². The Morgan fingerprint density at radius 2 is 1.60 bits per heavy atom. The zero-order valence-electron chi connectivity index (χ0n) is 12.6. The van der Waals surface area contributed by atoms with Gasteiger partial charge in [0.2, 0.25) is 5.91 Å². The maximum Gasteiger partial charge on any atom is 0.223 e. The number of rotatable bonds is 3. The first-order valence-corrected chi connectivity index (χ1v) is 8.02. The predicted octanol–water partition coefficient (Wildman–Crippen LogP) is 1.48. The minimum atomic E-state index is -1.06. The van der Waals surface area contributed by atoms with Crippen molar-refractivity contribution in [3.63, 3.8) is 0 Å². The zero-order chi connectivity index (χ0) is 14.7. The number of carboxylic acids is 1. The van der Waals surface area contributed by atoms with Gasteiger partial charge in [-0.15, -0.1) is 0 Å². The van der Waals surface area contributed by atoms with Crippen molar-refractivity contribution < 1.29 is 14.7 Å². The lowest BCUT2D eigenvalue weighted by Gasteiger charge is -2.37. The van der Waals surface area contributed by atoms with Crippen LogP contribution in [-0.4, -0.2) is 17.9 Å². The van der Waals surface area contributed by atoms with Gasteiger partial charge in [0.25, 0.3) is 0 Å². The summed E-state index contributed by atoms with van der Waals surface area (Å²) in [5, 5.41) is 14.3. The standard InChI is InChI=1S/C16H27NO3/c1-10-6-5-9-14(11(10)2)17-15(18)12-7-3-4-8-13(12)16(19)20/h10-14H,3-9H2,1-2H3,(H,17,18)(H,19,20)/p-1/t10-,11-,12-,13+,14+/m1/s1. The molecular weight excluding hydrogens is 254 g/mol. The van der Waals surface area contributed by atoms with Crippen LogP contribution in [0.2, 0.25) is 0 Å². The first-order chi connectivity index (χ1) is 9.50. The van der Waals surface area contributed by atoms with E-state index in [2.05, 4.69) is 19.2 Å². The molecule has 0 unspecified atom stereocenters. The zero-order valence-corrected chi connectivity index (χ0v) is 12.6. The number of carboxylic acid groups (broad SMARTS) is 1. The van der Waals surface area contributed by atoms with Crippen molar-refractivity contribution in [2.45, 2.75) is 64.8 Å². The number of nitrogens with one attached hydrogen (secondary N) is 1. The molecule has 4 nitrogen and oxygen atoms in total. The number of aliphatic carboxylic acids is 1. The van der Waals surface area contributed by atoms with E-state index >= 15 is 0 Å². The van der Waals surface area contributed by atoms with E-state index in [9.17, 15) is 14.7 Å². The van der Waals surface area contributed by atoms with Crippen LogP contribution in [0.1, 0.15) is 58.8 Å². The number of hydrogen-bond acceptors (Lipinski definition) is 3. The largest absolute Gasteiger partial charge is 0.550 e. The maximum absolute atomic E-state index is 12.4. The molecule has 5 atom stereocenters. The van der Waals surface area contributed by atoms with Gasteiger partial charge in [0, 0.05) is 23.8 Å². The van der Waals surface area contributed by atoms with Gasteiger partial charge >= 0.3 is 0 Å². The topological polar surface area (TPSA) is 69.2 Å². The molecule has 0 radical (unpaired) electrons. The molecule has 2 aliphatic rings. The van der Waals surface area contributed by atoms with E-state index in [4.69, 9.17) is 0 Å². The molecule has 2 aliphatic carbocycles. The average Bonchev–Trinajstić information content (AvgIpc) is 2.43. The van der Waals surface area contributed by atoms with E-state index in [0.29, 0.717) is 24.7 Å². The van der Waals surface area contributed by atoms with Gasteiger partial charge in [-0.3, -0.25) is 4.79 Å². The molecule has 2 fully saturated rings. The van der Waals surface area contributed by atoms with Crippen LogP contribution in [0.5, 0.6) is 0 Å². The monoisotopic (exact) mass is 280 g/mol. The summed E-state index contributed by atoms with van der Waals surface area (Å²) in [6.45, 7) is 4.42. The van der Waals surface area contributed by atoms with Crippen LogP contribution in [0.3, 0.4) is 0 Å². The van der Waals surface area contributed by atoms with E-state index < -0.39 is 17.8 Å².